The van der Waals surface area contributed by atoms with Crippen molar-refractivity contribution in [2.75, 3.05) is 20.6 Å². The standard InChI is InChI=1S/C15H22N2O/c1-11(2)17-9-13(15(18)10-16(3)4)12-7-5-6-8-14(12)17/h5-9,11,15,18H,10H2,1-4H3. The Labute approximate surface area is 109 Å². The van der Waals surface area contributed by atoms with Crippen molar-refractivity contribution < 1.29 is 5.11 Å². The summed E-state index contributed by atoms with van der Waals surface area (Å²) in [6.07, 6.45) is 1.65. The predicted molar refractivity (Wildman–Crippen MR) is 75.8 cm³/mol. The van der Waals surface area contributed by atoms with Gasteiger partial charge in [-0.05, 0) is 34.0 Å². The molecule has 18 heavy (non-hydrogen) atoms. The molecule has 0 radical (unpaired) electrons. The summed E-state index contributed by atoms with van der Waals surface area (Å²) in [6.45, 7) is 4.97. The molecule has 1 atom stereocenters. The van der Waals surface area contributed by atoms with Gasteiger partial charge < -0.3 is 14.6 Å². The molecular weight excluding hydrogens is 224 g/mol. The maximum Gasteiger partial charge on any atom is 0.0937 e. The Bertz CT molecular complexity index is 528. The van der Waals surface area contributed by atoms with Gasteiger partial charge in [-0.3, -0.25) is 0 Å². The zero-order valence-corrected chi connectivity index (χ0v) is 11.6. The summed E-state index contributed by atoms with van der Waals surface area (Å²) in [4.78, 5) is 2.01. The van der Waals surface area contributed by atoms with Gasteiger partial charge in [0.1, 0.15) is 0 Å². The molecule has 1 aromatic carbocycles. The quantitative estimate of drug-likeness (QED) is 0.898. The number of fused-ring (bicyclic) bond motifs is 1. The van der Waals surface area contributed by atoms with Crippen LogP contribution in [-0.2, 0) is 0 Å². The third-order valence-corrected chi connectivity index (χ3v) is 3.22. The van der Waals surface area contributed by atoms with E-state index in [-0.39, 0.29) is 0 Å². The summed E-state index contributed by atoms with van der Waals surface area (Å²) >= 11 is 0. The first kappa shape index (κ1) is 13.1. The molecule has 0 saturated carbocycles. The number of aromatic nitrogens is 1. The molecule has 98 valence electrons. The first-order valence-corrected chi connectivity index (χ1v) is 6.43. The van der Waals surface area contributed by atoms with E-state index >= 15 is 0 Å². The van der Waals surface area contributed by atoms with Crippen LogP contribution in [-0.4, -0.2) is 35.2 Å². The molecule has 1 N–H and O–H groups in total. The lowest BCUT2D eigenvalue weighted by Gasteiger charge is -2.15. The van der Waals surface area contributed by atoms with E-state index in [1.54, 1.807) is 0 Å². The van der Waals surface area contributed by atoms with Gasteiger partial charge in [-0.2, -0.15) is 0 Å². The summed E-state index contributed by atoms with van der Waals surface area (Å²) < 4.78 is 2.23. The predicted octanol–water partition coefficient (Wildman–Crippen LogP) is 2.82. The van der Waals surface area contributed by atoms with Gasteiger partial charge in [0, 0.05) is 35.2 Å². The number of hydrogen-bond donors (Lipinski definition) is 1. The highest BCUT2D eigenvalue weighted by atomic mass is 16.3. The number of aliphatic hydroxyl groups excluding tert-OH is 1. The number of benzene rings is 1. The van der Waals surface area contributed by atoms with Crippen molar-refractivity contribution >= 4 is 10.9 Å². The molecule has 3 nitrogen and oxygen atoms in total. The lowest BCUT2D eigenvalue weighted by molar-refractivity contribution is 0.139. The van der Waals surface area contributed by atoms with Crippen LogP contribution in [0.2, 0.25) is 0 Å². The molecule has 1 heterocycles. The van der Waals surface area contributed by atoms with E-state index in [9.17, 15) is 5.11 Å². The zero-order valence-electron chi connectivity index (χ0n) is 11.6. The van der Waals surface area contributed by atoms with Gasteiger partial charge in [0.05, 0.1) is 6.10 Å². The first-order chi connectivity index (χ1) is 8.50. The average molecular weight is 246 g/mol. The second-order valence-electron chi connectivity index (χ2n) is 5.38. The highest BCUT2D eigenvalue weighted by molar-refractivity contribution is 5.84. The van der Waals surface area contributed by atoms with Crippen LogP contribution in [0.5, 0.6) is 0 Å². The first-order valence-electron chi connectivity index (χ1n) is 6.43. The van der Waals surface area contributed by atoms with E-state index in [0.29, 0.717) is 12.6 Å². The number of hydrogen-bond acceptors (Lipinski definition) is 2. The normalized spacial score (nSPS) is 13.7. The molecule has 0 aliphatic carbocycles. The summed E-state index contributed by atoms with van der Waals surface area (Å²) in [5.41, 5.74) is 2.22. The molecule has 2 rings (SSSR count). The Balaban J connectivity index is 2.51. The fraction of sp³-hybridized carbons (Fsp3) is 0.467. The van der Waals surface area contributed by atoms with E-state index in [4.69, 9.17) is 0 Å². The van der Waals surface area contributed by atoms with Gasteiger partial charge in [0.25, 0.3) is 0 Å². The average Bonchev–Trinajstić information content (AvgIpc) is 2.67. The van der Waals surface area contributed by atoms with Crippen molar-refractivity contribution in [1.82, 2.24) is 9.47 Å². The Hall–Kier alpha value is -1.32. The van der Waals surface area contributed by atoms with Crippen LogP contribution < -0.4 is 0 Å². The highest BCUT2D eigenvalue weighted by Gasteiger charge is 2.16. The lowest BCUT2D eigenvalue weighted by atomic mass is 10.1. The Morgan fingerprint density at radius 2 is 1.89 bits per heavy atom. The second-order valence-corrected chi connectivity index (χ2v) is 5.38. The Kier molecular flexibility index (Phi) is 3.73. The molecule has 0 aliphatic rings. The summed E-state index contributed by atoms with van der Waals surface area (Å²) in [5, 5.41) is 11.5. The van der Waals surface area contributed by atoms with E-state index in [2.05, 4.69) is 36.7 Å². The molecular formula is C15H22N2O. The molecule has 0 bridgehead atoms. The van der Waals surface area contributed by atoms with Gasteiger partial charge in [0.2, 0.25) is 0 Å². The van der Waals surface area contributed by atoms with Crippen LogP contribution in [0.15, 0.2) is 30.5 Å². The van der Waals surface area contributed by atoms with Gasteiger partial charge in [-0.15, -0.1) is 0 Å². The number of rotatable bonds is 4. The van der Waals surface area contributed by atoms with Crippen LogP contribution in [0, 0.1) is 0 Å². The topological polar surface area (TPSA) is 28.4 Å². The van der Waals surface area contributed by atoms with Crippen molar-refractivity contribution in [2.24, 2.45) is 0 Å². The Morgan fingerprint density at radius 3 is 2.50 bits per heavy atom. The molecule has 3 heteroatoms. The van der Waals surface area contributed by atoms with Gasteiger partial charge in [-0.25, -0.2) is 0 Å². The minimum Gasteiger partial charge on any atom is -0.387 e. The van der Waals surface area contributed by atoms with Gasteiger partial charge >= 0.3 is 0 Å². The SMILES string of the molecule is CC(C)n1cc(C(O)CN(C)C)c2ccccc21. The third kappa shape index (κ3) is 2.42. The van der Waals surface area contributed by atoms with Crippen molar-refractivity contribution in [3.63, 3.8) is 0 Å². The number of aliphatic hydroxyl groups is 1. The molecule has 0 aliphatic heterocycles. The van der Waals surface area contributed by atoms with Crippen LogP contribution >= 0.6 is 0 Å². The minimum absolute atomic E-state index is 0.398. The molecule has 0 fully saturated rings. The molecule has 1 unspecified atom stereocenters. The van der Waals surface area contributed by atoms with E-state index in [0.717, 1.165) is 10.9 Å². The molecule has 0 spiro atoms. The third-order valence-electron chi connectivity index (χ3n) is 3.22. The number of para-hydroxylation sites is 1. The largest absolute Gasteiger partial charge is 0.387 e. The van der Waals surface area contributed by atoms with Crippen molar-refractivity contribution in [3.8, 4) is 0 Å². The van der Waals surface area contributed by atoms with Gasteiger partial charge in [0.15, 0.2) is 0 Å². The second kappa shape index (κ2) is 5.12. The van der Waals surface area contributed by atoms with Crippen LogP contribution in [0.25, 0.3) is 10.9 Å². The fourth-order valence-corrected chi connectivity index (χ4v) is 2.37. The zero-order chi connectivity index (χ0) is 13.3. The summed E-state index contributed by atoms with van der Waals surface area (Å²) in [6, 6.07) is 8.67. The van der Waals surface area contributed by atoms with E-state index in [1.165, 1.54) is 5.52 Å². The summed E-state index contributed by atoms with van der Waals surface area (Å²) in [7, 11) is 3.95. The van der Waals surface area contributed by atoms with Crippen LogP contribution in [0.4, 0.5) is 0 Å². The Morgan fingerprint density at radius 1 is 1.22 bits per heavy atom. The lowest BCUT2D eigenvalue weighted by Crippen LogP contribution is -2.19. The molecule has 0 amide bonds. The van der Waals surface area contributed by atoms with Gasteiger partial charge in [-0.1, -0.05) is 18.2 Å². The fourth-order valence-electron chi connectivity index (χ4n) is 2.37. The maximum absolute atomic E-state index is 10.3. The minimum atomic E-state index is -0.440. The van der Waals surface area contributed by atoms with Crippen molar-refractivity contribution in [3.05, 3.63) is 36.0 Å². The van der Waals surface area contributed by atoms with Crippen molar-refractivity contribution in [2.45, 2.75) is 26.0 Å². The highest BCUT2D eigenvalue weighted by Crippen LogP contribution is 2.29. The molecule has 1 aromatic heterocycles. The van der Waals surface area contributed by atoms with Crippen molar-refractivity contribution in [1.29, 1.82) is 0 Å². The molecule has 0 saturated heterocycles. The monoisotopic (exact) mass is 246 g/mol. The van der Waals surface area contributed by atoms with Crippen LogP contribution in [0.1, 0.15) is 31.6 Å². The van der Waals surface area contributed by atoms with E-state index < -0.39 is 6.10 Å². The van der Waals surface area contributed by atoms with E-state index in [1.807, 2.05) is 31.1 Å². The number of nitrogens with zero attached hydrogens (tertiary/aromatic N) is 2. The van der Waals surface area contributed by atoms with Crippen LogP contribution in [0.3, 0.4) is 0 Å². The number of likely N-dealkylation sites (N-methyl/N-ethyl adjacent to an activating group) is 1. The smallest absolute Gasteiger partial charge is 0.0937 e. The molecule has 2 aromatic rings. The summed E-state index contributed by atoms with van der Waals surface area (Å²) in [5.74, 6) is 0. The maximum atomic E-state index is 10.3.